The van der Waals surface area contributed by atoms with Crippen molar-refractivity contribution in [2.75, 3.05) is 13.1 Å². The van der Waals surface area contributed by atoms with E-state index in [1.807, 2.05) is 0 Å². The molecule has 0 bridgehead atoms. The summed E-state index contributed by atoms with van der Waals surface area (Å²) in [5.74, 6) is -1.09. The second-order valence-electron chi connectivity index (χ2n) is 8.42. The molecule has 0 atom stereocenters. The van der Waals surface area contributed by atoms with E-state index >= 15 is 0 Å². The van der Waals surface area contributed by atoms with Crippen LogP contribution in [0.1, 0.15) is 25.7 Å². The molecule has 190 valence electrons. The Morgan fingerprint density at radius 3 is 1.94 bits per heavy atom. The minimum Gasteiger partial charge on any atom is -0.457 e. The van der Waals surface area contributed by atoms with Gasteiger partial charge in [-0.3, -0.25) is 10.0 Å². The van der Waals surface area contributed by atoms with E-state index in [0.29, 0.717) is 19.1 Å². The molecule has 1 heterocycles. The Morgan fingerprint density at radius 2 is 1.49 bits per heavy atom. The summed E-state index contributed by atoms with van der Waals surface area (Å²) in [6.45, 7) is 0.769. The quantitative estimate of drug-likeness (QED) is 0.317. The first-order valence-corrected chi connectivity index (χ1v) is 12.6. The van der Waals surface area contributed by atoms with Gasteiger partial charge < -0.3 is 14.4 Å². The molecule has 1 aliphatic carbocycles. The third kappa shape index (κ3) is 5.50. The summed E-state index contributed by atoms with van der Waals surface area (Å²) in [5.41, 5.74) is 0. The maximum atomic E-state index is 13.6. The van der Waals surface area contributed by atoms with Gasteiger partial charge in [0.1, 0.15) is 17.2 Å². The summed E-state index contributed by atoms with van der Waals surface area (Å²) in [5, 5.41) is 9.61. The van der Waals surface area contributed by atoms with Crippen LogP contribution in [0.15, 0.2) is 53.4 Å². The largest absolute Gasteiger partial charge is 0.573 e. The lowest BCUT2D eigenvalue weighted by Gasteiger charge is -2.40. The molecule has 0 radical (unpaired) electrons. The number of ether oxygens (including phenoxy) is 2. The fraction of sp³-hybridized carbons (Fsp3) is 0.409. The van der Waals surface area contributed by atoms with Crippen LogP contribution in [0.5, 0.6) is 17.2 Å². The Bertz CT molecular complexity index is 1160. The summed E-state index contributed by atoms with van der Waals surface area (Å²) in [4.78, 5) is 14.8. The van der Waals surface area contributed by atoms with Gasteiger partial charge in [0.2, 0.25) is 0 Å². The smallest absolute Gasteiger partial charge is 0.457 e. The van der Waals surface area contributed by atoms with Crippen molar-refractivity contribution in [2.24, 2.45) is 0 Å². The number of hydroxylamine groups is 1. The molecule has 2 fully saturated rings. The van der Waals surface area contributed by atoms with Crippen molar-refractivity contribution >= 4 is 27.5 Å². The molecule has 0 unspecified atom stereocenters. The fourth-order valence-electron chi connectivity index (χ4n) is 4.21. The van der Waals surface area contributed by atoms with E-state index < -0.39 is 32.6 Å². The van der Waals surface area contributed by atoms with Gasteiger partial charge in [0.05, 0.1) is 4.90 Å². The zero-order chi connectivity index (χ0) is 25.4. The molecular formula is C22H22ClF3N2O6S. The van der Waals surface area contributed by atoms with Crippen LogP contribution in [-0.4, -0.2) is 59.3 Å². The molecule has 4 rings (SSSR count). The molecule has 1 amide bonds. The first-order chi connectivity index (χ1) is 16.4. The molecule has 2 aromatic rings. The second-order valence-corrected chi connectivity index (χ2v) is 11.0. The monoisotopic (exact) mass is 534 g/mol. The third-order valence-corrected chi connectivity index (χ3v) is 8.83. The van der Waals surface area contributed by atoms with Gasteiger partial charge in [-0.1, -0.05) is 0 Å². The summed E-state index contributed by atoms with van der Waals surface area (Å²) in [6.07, 6.45) is -2.77. The number of rotatable bonds is 7. The predicted molar refractivity (Wildman–Crippen MR) is 118 cm³/mol. The van der Waals surface area contributed by atoms with Gasteiger partial charge in [-0.2, -0.15) is 0 Å². The number of hydrogen-bond donors (Lipinski definition) is 1. The highest BCUT2D eigenvalue weighted by molar-refractivity contribution is 7.93. The molecular weight excluding hydrogens is 513 g/mol. The number of piperidine rings is 1. The summed E-state index contributed by atoms with van der Waals surface area (Å²) < 4.78 is 71.3. The van der Waals surface area contributed by atoms with E-state index in [-0.39, 0.29) is 33.8 Å². The maximum Gasteiger partial charge on any atom is 0.573 e. The van der Waals surface area contributed by atoms with Crippen molar-refractivity contribution in [3.8, 4) is 17.2 Å². The number of carbonyl (C=O) groups excluding carboxylic acids is 1. The van der Waals surface area contributed by atoms with Gasteiger partial charge in [0.15, 0.2) is 14.6 Å². The predicted octanol–water partition coefficient (Wildman–Crippen LogP) is 4.52. The minimum atomic E-state index is -4.81. The normalized spacial score (nSPS) is 18.7. The van der Waals surface area contributed by atoms with Gasteiger partial charge in [0.25, 0.3) is 5.91 Å². The summed E-state index contributed by atoms with van der Waals surface area (Å²) in [6, 6.07) is 10.4. The lowest BCUT2D eigenvalue weighted by Crippen LogP contribution is -2.57. The fourth-order valence-corrected chi connectivity index (χ4v) is 6.41. The molecule has 1 saturated carbocycles. The Labute approximate surface area is 204 Å². The van der Waals surface area contributed by atoms with Crippen LogP contribution in [-0.2, 0) is 14.6 Å². The number of amides is 1. The average Bonchev–Trinajstić information content (AvgIpc) is 3.65. The van der Waals surface area contributed by atoms with Gasteiger partial charge >= 0.3 is 6.36 Å². The van der Waals surface area contributed by atoms with Gasteiger partial charge in [-0.25, -0.2) is 8.42 Å². The van der Waals surface area contributed by atoms with Crippen molar-refractivity contribution in [2.45, 2.75) is 47.7 Å². The van der Waals surface area contributed by atoms with Crippen LogP contribution in [0.25, 0.3) is 0 Å². The van der Waals surface area contributed by atoms with Gasteiger partial charge in [-0.05, 0) is 74.2 Å². The van der Waals surface area contributed by atoms with E-state index in [1.54, 1.807) is 0 Å². The molecule has 35 heavy (non-hydrogen) atoms. The van der Waals surface area contributed by atoms with Crippen molar-refractivity contribution in [3.05, 3.63) is 48.5 Å². The topological polar surface area (TPSA) is 96.4 Å². The lowest BCUT2D eigenvalue weighted by atomic mass is 9.94. The van der Waals surface area contributed by atoms with E-state index in [9.17, 15) is 31.6 Å². The zero-order valence-corrected chi connectivity index (χ0v) is 19.8. The molecule has 0 aromatic heterocycles. The van der Waals surface area contributed by atoms with Crippen molar-refractivity contribution < 1.29 is 41.1 Å². The minimum absolute atomic E-state index is 0.0148. The Hall–Kier alpha value is -2.54. The number of halogens is 4. The van der Waals surface area contributed by atoms with Crippen molar-refractivity contribution in [1.82, 2.24) is 9.48 Å². The van der Waals surface area contributed by atoms with Crippen LogP contribution in [0.3, 0.4) is 0 Å². The van der Waals surface area contributed by atoms with E-state index in [2.05, 4.69) is 9.64 Å². The van der Waals surface area contributed by atoms with Crippen LogP contribution in [0, 0.1) is 0 Å². The van der Waals surface area contributed by atoms with Crippen molar-refractivity contribution in [1.29, 1.82) is 0 Å². The van der Waals surface area contributed by atoms with Crippen LogP contribution < -0.4 is 9.47 Å². The number of alkyl halides is 3. The van der Waals surface area contributed by atoms with Gasteiger partial charge in [0, 0.05) is 30.9 Å². The third-order valence-electron chi connectivity index (χ3n) is 6.17. The highest BCUT2D eigenvalue weighted by atomic mass is 35.5. The molecule has 1 saturated heterocycles. The Kier molecular flexibility index (Phi) is 6.93. The molecule has 13 heteroatoms. The van der Waals surface area contributed by atoms with Crippen molar-refractivity contribution in [3.63, 3.8) is 0 Å². The highest BCUT2D eigenvalue weighted by Crippen LogP contribution is 2.41. The van der Waals surface area contributed by atoms with Crippen LogP contribution in [0.4, 0.5) is 13.2 Å². The first kappa shape index (κ1) is 25.5. The average molecular weight is 535 g/mol. The molecule has 8 nitrogen and oxygen atoms in total. The van der Waals surface area contributed by atoms with E-state index in [4.69, 9.17) is 16.5 Å². The molecule has 2 aliphatic rings. The van der Waals surface area contributed by atoms with Gasteiger partial charge in [-0.15, -0.1) is 17.8 Å². The summed E-state index contributed by atoms with van der Waals surface area (Å²) >= 11 is 5.49. The zero-order valence-electron chi connectivity index (χ0n) is 18.2. The number of hydrogen-bond acceptors (Lipinski definition) is 7. The SMILES string of the molecule is O=C(N(O)Cl)C1(S(=O)(=O)c2ccc(Oc3ccc(OC(F)(F)F)cc3)cc2)CCN(C2CC2)CC1. The number of sulfone groups is 1. The molecule has 1 N–H and O–H groups in total. The molecule has 2 aromatic carbocycles. The Morgan fingerprint density at radius 1 is 1.00 bits per heavy atom. The molecule has 1 aliphatic heterocycles. The highest BCUT2D eigenvalue weighted by Gasteiger charge is 2.55. The number of carbonyl (C=O) groups is 1. The first-order valence-electron chi connectivity index (χ1n) is 10.7. The second kappa shape index (κ2) is 9.49. The van der Waals surface area contributed by atoms with Crippen LogP contribution >= 0.6 is 11.8 Å². The van der Waals surface area contributed by atoms with Crippen LogP contribution in [0.2, 0.25) is 0 Å². The Balaban J connectivity index is 1.52. The number of benzene rings is 2. The standard InChI is InChI=1S/C22H22ClF3N2O6S/c23-28(30)20(29)21(11-13-27(14-12-21)15-1-2-15)35(31,32)19-9-7-17(8-10-19)33-16-3-5-18(6-4-16)34-22(24,25)26/h3-10,15,30H,1-2,11-14H2. The number of likely N-dealkylation sites (tertiary alicyclic amines) is 1. The number of nitrogens with zero attached hydrogens (tertiary/aromatic N) is 2. The van der Waals surface area contributed by atoms with E-state index in [1.165, 1.54) is 36.4 Å². The summed E-state index contributed by atoms with van der Waals surface area (Å²) in [7, 11) is -4.25. The van der Waals surface area contributed by atoms with E-state index in [0.717, 1.165) is 25.0 Å². The maximum absolute atomic E-state index is 13.6. The lowest BCUT2D eigenvalue weighted by molar-refractivity contribution is -0.274. The molecule has 0 spiro atoms.